The number of nitrogens with one attached hydrogen (secondary N) is 2. The third-order valence-corrected chi connectivity index (χ3v) is 4.34. The van der Waals surface area contributed by atoms with Crippen LogP contribution < -0.4 is 10.6 Å². The molecule has 0 aromatic heterocycles. The first-order valence-corrected chi connectivity index (χ1v) is 8.26. The minimum Gasteiger partial charge on any atom is -0.355 e. The predicted molar refractivity (Wildman–Crippen MR) is 81.8 cm³/mol. The van der Waals surface area contributed by atoms with Gasteiger partial charge in [0.25, 0.3) is 0 Å². The Hall–Kier alpha value is -0.650. The van der Waals surface area contributed by atoms with Gasteiger partial charge in [0.15, 0.2) is 0 Å². The van der Waals surface area contributed by atoms with Crippen molar-refractivity contribution in [3.05, 3.63) is 0 Å². The van der Waals surface area contributed by atoms with Crippen molar-refractivity contribution in [2.45, 2.75) is 38.6 Å². The van der Waals surface area contributed by atoms with Crippen LogP contribution in [0.4, 0.5) is 0 Å². The van der Waals surface area contributed by atoms with Gasteiger partial charge >= 0.3 is 0 Å². The zero-order chi connectivity index (χ0) is 14.2. The van der Waals surface area contributed by atoms with Gasteiger partial charge in [-0.05, 0) is 45.3 Å². The topological polar surface area (TPSA) is 47.6 Å². The molecular formula is C15H30N4O. The normalized spacial score (nSPS) is 24.9. The van der Waals surface area contributed by atoms with Gasteiger partial charge in [-0.3, -0.25) is 9.69 Å². The summed E-state index contributed by atoms with van der Waals surface area (Å²) in [6.45, 7) is 10.7. The zero-order valence-electron chi connectivity index (χ0n) is 12.9. The van der Waals surface area contributed by atoms with E-state index in [1.54, 1.807) is 0 Å². The monoisotopic (exact) mass is 282 g/mol. The standard InChI is InChI=1S/C15H30N4O/c1-2-9-19-11-3-5-14(19)15(20)17-6-4-10-18-12-7-16-8-13-18/h14,16H,2-13H2,1H3,(H,17,20). The van der Waals surface area contributed by atoms with Crippen LogP contribution in [0.25, 0.3) is 0 Å². The summed E-state index contributed by atoms with van der Waals surface area (Å²) in [5.41, 5.74) is 0. The first kappa shape index (κ1) is 15.7. The van der Waals surface area contributed by atoms with E-state index in [0.29, 0.717) is 0 Å². The summed E-state index contributed by atoms with van der Waals surface area (Å²) < 4.78 is 0. The quantitative estimate of drug-likeness (QED) is 0.658. The fourth-order valence-corrected chi connectivity index (χ4v) is 3.24. The molecule has 5 nitrogen and oxygen atoms in total. The highest BCUT2D eigenvalue weighted by Crippen LogP contribution is 2.17. The smallest absolute Gasteiger partial charge is 0.237 e. The summed E-state index contributed by atoms with van der Waals surface area (Å²) in [7, 11) is 0. The molecule has 2 saturated heterocycles. The Morgan fingerprint density at radius 1 is 1.25 bits per heavy atom. The fraction of sp³-hybridized carbons (Fsp3) is 0.933. The lowest BCUT2D eigenvalue weighted by atomic mass is 10.2. The molecule has 0 spiro atoms. The van der Waals surface area contributed by atoms with Crippen molar-refractivity contribution in [2.24, 2.45) is 0 Å². The van der Waals surface area contributed by atoms with Crippen molar-refractivity contribution >= 4 is 5.91 Å². The highest BCUT2D eigenvalue weighted by atomic mass is 16.2. The minimum absolute atomic E-state index is 0.133. The molecular weight excluding hydrogens is 252 g/mol. The second kappa shape index (κ2) is 8.60. The second-order valence-corrected chi connectivity index (χ2v) is 5.93. The molecule has 2 aliphatic rings. The van der Waals surface area contributed by atoms with Crippen LogP contribution in [0.15, 0.2) is 0 Å². The number of hydrogen-bond donors (Lipinski definition) is 2. The van der Waals surface area contributed by atoms with E-state index in [2.05, 4.69) is 27.4 Å². The van der Waals surface area contributed by atoms with Crippen molar-refractivity contribution < 1.29 is 4.79 Å². The predicted octanol–water partition coefficient (Wildman–Crippen LogP) is 0.272. The Kier molecular flexibility index (Phi) is 6.76. The number of hydrogen-bond acceptors (Lipinski definition) is 4. The lowest BCUT2D eigenvalue weighted by Crippen LogP contribution is -2.46. The molecule has 1 amide bonds. The maximum Gasteiger partial charge on any atom is 0.237 e. The van der Waals surface area contributed by atoms with Crippen LogP contribution in [0.1, 0.15) is 32.6 Å². The van der Waals surface area contributed by atoms with E-state index in [9.17, 15) is 4.79 Å². The molecule has 0 aliphatic carbocycles. The third kappa shape index (κ3) is 4.72. The number of piperazine rings is 1. The van der Waals surface area contributed by atoms with Crippen molar-refractivity contribution in [1.82, 2.24) is 20.4 Å². The lowest BCUT2D eigenvalue weighted by molar-refractivity contribution is -0.125. The van der Waals surface area contributed by atoms with Crippen LogP contribution in [0.2, 0.25) is 0 Å². The minimum atomic E-state index is 0.133. The summed E-state index contributed by atoms with van der Waals surface area (Å²) in [6, 6.07) is 0.133. The van der Waals surface area contributed by atoms with Gasteiger partial charge in [0.2, 0.25) is 5.91 Å². The average molecular weight is 282 g/mol. The first-order valence-electron chi connectivity index (χ1n) is 8.26. The molecule has 2 heterocycles. The van der Waals surface area contributed by atoms with Crippen molar-refractivity contribution in [1.29, 1.82) is 0 Å². The highest BCUT2D eigenvalue weighted by Gasteiger charge is 2.29. The number of carbonyl (C=O) groups is 1. The van der Waals surface area contributed by atoms with E-state index >= 15 is 0 Å². The van der Waals surface area contributed by atoms with Crippen LogP contribution in [-0.4, -0.2) is 74.1 Å². The number of likely N-dealkylation sites (tertiary alicyclic amines) is 1. The number of amides is 1. The molecule has 2 N–H and O–H groups in total. The molecule has 20 heavy (non-hydrogen) atoms. The molecule has 0 saturated carbocycles. The van der Waals surface area contributed by atoms with E-state index in [1.165, 1.54) is 6.42 Å². The molecule has 2 rings (SSSR count). The van der Waals surface area contributed by atoms with Gasteiger partial charge < -0.3 is 15.5 Å². The van der Waals surface area contributed by atoms with Gasteiger partial charge in [-0.15, -0.1) is 0 Å². The Balaban J connectivity index is 1.59. The fourth-order valence-electron chi connectivity index (χ4n) is 3.24. The van der Waals surface area contributed by atoms with E-state index < -0.39 is 0 Å². The number of carbonyl (C=O) groups excluding carboxylic acids is 1. The molecule has 116 valence electrons. The van der Waals surface area contributed by atoms with Gasteiger partial charge in [0.1, 0.15) is 0 Å². The number of rotatable bonds is 7. The van der Waals surface area contributed by atoms with Crippen LogP contribution >= 0.6 is 0 Å². The summed E-state index contributed by atoms with van der Waals surface area (Å²) >= 11 is 0. The molecule has 0 radical (unpaired) electrons. The summed E-state index contributed by atoms with van der Waals surface area (Å²) in [6.07, 6.45) is 4.39. The van der Waals surface area contributed by atoms with Gasteiger partial charge in [-0.1, -0.05) is 6.92 Å². The van der Waals surface area contributed by atoms with Gasteiger partial charge in [0, 0.05) is 32.7 Å². The van der Waals surface area contributed by atoms with E-state index in [-0.39, 0.29) is 11.9 Å². The van der Waals surface area contributed by atoms with Crippen molar-refractivity contribution in [3.63, 3.8) is 0 Å². The molecule has 1 unspecified atom stereocenters. The SMILES string of the molecule is CCCN1CCCC1C(=O)NCCCN1CCNCC1. The summed E-state index contributed by atoms with van der Waals surface area (Å²) in [4.78, 5) is 17.0. The zero-order valence-corrected chi connectivity index (χ0v) is 12.9. The van der Waals surface area contributed by atoms with E-state index in [1.807, 2.05) is 0 Å². The maximum atomic E-state index is 12.2. The Morgan fingerprint density at radius 3 is 2.80 bits per heavy atom. The third-order valence-electron chi connectivity index (χ3n) is 4.34. The van der Waals surface area contributed by atoms with Gasteiger partial charge in [0.05, 0.1) is 6.04 Å². The molecule has 0 bridgehead atoms. The molecule has 2 aliphatic heterocycles. The highest BCUT2D eigenvalue weighted by molar-refractivity contribution is 5.82. The van der Waals surface area contributed by atoms with E-state index in [4.69, 9.17) is 0 Å². The van der Waals surface area contributed by atoms with E-state index in [0.717, 1.165) is 71.6 Å². The Morgan fingerprint density at radius 2 is 2.05 bits per heavy atom. The lowest BCUT2D eigenvalue weighted by Gasteiger charge is -2.27. The largest absolute Gasteiger partial charge is 0.355 e. The summed E-state index contributed by atoms with van der Waals surface area (Å²) in [5.74, 6) is 0.247. The Bertz CT molecular complexity index is 292. The maximum absolute atomic E-state index is 12.2. The summed E-state index contributed by atoms with van der Waals surface area (Å²) in [5, 5.41) is 6.49. The van der Waals surface area contributed by atoms with Gasteiger partial charge in [-0.2, -0.15) is 0 Å². The van der Waals surface area contributed by atoms with Crippen LogP contribution in [0.3, 0.4) is 0 Å². The first-order chi connectivity index (χ1) is 9.81. The molecule has 5 heteroatoms. The van der Waals surface area contributed by atoms with Crippen LogP contribution in [0.5, 0.6) is 0 Å². The van der Waals surface area contributed by atoms with Crippen LogP contribution in [0, 0.1) is 0 Å². The number of nitrogens with zero attached hydrogens (tertiary/aromatic N) is 2. The van der Waals surface area contributed by atoms with Crippen molar-refractivity contribution in [2.75, 3.05) is 52.4 Å². The average Bonchev–Trinajstić information content (AvgIpc) is 2.93. The second-order valence-electron chi connectivity index (χ2n) is 5.93. The Labute approximate surface area is 123 Å². The molecule has 1 atom stereocenters. The van der Waals surface area contributed by atoms with Crippen molar-refractivity contribution in [3.8, 4) is 0 Å². The molecule has 2 fully saturated rings. The van der Waals surface area contributed by atoms with Crippen LogP contribution in [-0.2, 0) is 4.79 Å². The molecule has 0 aromatic rings. The molecule has 0 aromatic carbocycles. The van der Waals surface area contributed by atoms with Gasteiger partial charge in [-0.25, -0.2) is 0 Å².